The van der Waals surface area contributed by atoms with Gasteiger partial charge in [0.2, 0.25) is 11.8 Å². The van der Waals surface area contributed by atoms with Crippen molar-refractivity contribution in [3.8, 4) is 0 Å². The fraction of sp³-hybridized carbons (Fsp3) is 0.932. The highest BCUT2D eigenvalue weighted by atomic mass is 16.8. The van der Waals surface area contributed by atoms with E-state index >= 15 is 0 Å². The lowest BCUT2D eigenvalue weighted by Crippen LogP contribution is -2.70. The van der Waals surface area contributed by atoms with E-state index in [1.54, 1.807) is 0 Å². The highest BCUT2D eigenvalue weighted by Crippen LogP contribution is 2.39. The molecule has 3 aliphatic rings. The number of rotatable bonds is 59. The van der Waals surface area contributed by atoms with Gasteiger partial charge in [-0.3, -0.25) is 9.59 Å². The summed E-state index contributed by atoms with van der Waals surface area (Å²) in [6.07, 6.45) is 25.3. The second-order valence-corrected chi connectivity index (χ2v) is 27.9. The number of carboxylic acid groups (broad SMARTS) is 1. The molecule has 18 unspecified atom stereocenters. The van der Waals surface area contributed by atoms with Crippen molar-refractivity contribution in [2.75, 3.05) is 26.4 Å². The number of hydrogen-bond acceptors (Lipinski definition) is 20. The molecule has 0 radical (unpaired) electrons. The van der Waals surface area contributed by atoms with Gasteiger partial charge in [0.25, 0.3) is 5.79 Å². The number of carbonyl (C=O) groups is 3. The summed E-state index contributed by atoms with van der Waals surface area (Å²) in [5.74, 6) is -6.10. The van der Waals surface area contributed by atoms with Crippen LogP contribution in [0.5, 0.6) is 0 Å². The molecule has 0 spiro atoms. The second kappa shape index (κ2) is 53.3. The van der Waals surface area contributed by atoms with Crippen molar-refractivity contribution < 1.29 is 104 Å². The Hall–Kier alpha value is -2.53. The lowest BCUT2D eigenvalue weighted by Gasteiger charge is -2.50. The SMILES string of the molecule is CCCCCCCCCCCCCC/C=C\CCCCCCCCCCCCCCCCCC(=O)NC(COC1OC(CO)C(OC2OC(CO)C(O)C(OC3(C(=O)O)CC(O)C(NC(C)=O)C(C(O)C(O)CO)O3)C2O)C(O)C1O)C(O)CCCCCCCCCCCCC. The first-order valence-electron chi connectivity index (χ1n) is 38.0. The Balaban J connectivity index is 1.46. The molecule has 3 aliphatic heterocycles. The molecule has 3 fully saturated rings. The van der Waals surface area contributed by atoms with E-state index < -0.39 is 148 Å². The van der Waals surface area contributed by atoms with E-state index in [2.05, 4.69) is 36.6 Å². The van der Waals surface area contributed by atoms with Gasteiger partial charge in [-0.2, -0.15) is 0 Å². The lowest BCUT2D eigenvalue weighted by atomic mass is 9.88. The number of nitrogens with one attached hydrogen (secondary N) is 2. The summed E-state index contributed by atoms with van der Waals surface area (Å²) >= 11 is 0. The third-order valence-corrected chi connectivity index (χ3v) is 19.5. The van der Waals surface area contributed by atoms with Crippen LogP contribution in [-0.2, 0) is 42.8 Å². The van der Waals surface area contributed by atoms with E-state index in [-0.39, 0.29) is 18.9 Å². The normalized spacial score (nSPS) is 27.6. The highest BCUT2D eigenvalue weighted by Gasteiger charge is 2.60. The van der Waals surface area contributed by atoms with Crippen LogP contribution in [0, 0.1) is 0 Å². The Kier molecular flexibility index (Phi) is 48.7. The van der Waals surface area contributed by atoms with Gasteiger partial charge in [0.1, 0.15) is 67.1 Å². The molecule has 0 bridgehead atoms. The molecular weight excluding hydrogens is 1240 g/mol. The summed E-state index contributed by atoms with van der Waals surface area (Å²) in [4.78, 5) is 38.6. The number of amides is 2. The number of ether oxygens (including phenoxy) is 6. The minimum Gasteiger partial charge on any atom is -0.477 e. The minimum absolute atomic E-state index is 0.226. The average molecular weight is 1380 g/mol. The van der Waals surface area contributed by atoms with E-state index in [0.29, 0.717) is 19.3 Å². The van der Waals surface area contributed by atoms with Gasteiger partial charge in [-0.1, -0.05) is 251 Å². The van der Waals surface area contributed by atoms with Crippen molar-refractivity contribution in [3.05, 3.63) is 12.2 Å². The molecule has 2 amide bonds. The van der Waals surface area contributed by atoms with E-state index in [1.165, 1.54) is 193 Å². The van der Waals surface area contributed by atoms with Crippen LogP contribution in [0.3, 0.4) is 0 Å². The monoisotopic (exact) mass is 1380 g/mol. The standard InChI is InChI=1S/C73H136N2O21/c1-4-6-8-10-12-14-16-17-18-19-20-21-22-23-24-25-26-27-28-29-30-31-32-33-34-35-37-39-41-43-45-47-60(83)75-54(55(80)46-44-42-40-38-36-15-13-11-9-7-5-2)52-91-70-65(87)64(86)67(59(51-78)93-70)94-71-66(88)69(63(85)58(50-77)92-71)96-73(72(89)90)48-56(81)61(74-53(3)79)68(95-73)62(84)57(82)49-76/h23-24,54-59,61-71,76-78,80-82,84-88H,4-22,25-52H2,1-3H3,(H,74,79)(H,75,83)(H,89,90)/b24-23-. The summed E-state index contributed by atoms with van der Waals surface area (Å²) < 4.78 is 34.9. The summed E-state index contributed by atoms with van der Waals surface area (Å²) in [6, 6.07) is -2.53. The van der Waals surface area contributed by atoms with Crippen molar-refractivity contribution in [1.82, 2.24) is 10.6 Å². The first kappa shape index (κ1) is 87.7. The molecule has 3 heterocycles. The van der Waals surface area contributed by atoms with E-state index in [0.717, 1.165) is 58.3 Å². The zero-order valence-electron chi connectivity index (χ0n) is 59.2. The smallest absolute Gasteiger partial charge is 0.364 e. The second-order valence-electron chi connectivity index (χ2n) is 27.9. The molecule has 0 aromatic heterocycles. The van der Waals surface area contributed by atoms with Crippen LogP contribution in [0.4, 0.5) is 0 Å². The fourth-order valence-corrected chi connectivity index (χ4v) is 13.4. The molecule has 0 saturated carbocycles. The predicted molar refractivity (Wildman–Crippen MR) is 366 cm³/mol. The van der Waals surface area contributed by atoms with Gasteiger partial charge in [-0.05, 0) is 38.5 Å². The number of aliphatic hydroxyl groups is 11. The van der Waals surface area contributed by atoms with Gasteiger partial charge in [-0.25, -0.2) is 4.79 Å². The lowest BCUT2D eigenvalue weighted by molar-refractivity contribution is -0.386. The van der Waals surface area contributed by atoms with Crippen LogP contribution in [0.25, 0.3) is 0 Å². The van der Waals surface area contributed by atoms with Gasteiger partial charge in [-0.15, -0.1) is 0 Å². The fourth-order valence-electron chi connectivity index (χ4n) is 13.4. The molecule has 3 saturated heterocycles. The van der Waals surface area contributed by atoms with Gasteiger partial charge >= 0.3 is 5.97 Å². The number of carbonyl (C=O) groups excluding carboxylic acids is 2. The highest BCUT2D eigenvalue weighted by molar-refractivity contribution is 5.77. The van der Waals surface area contributed by atoms with Crippen LogP contribution >= 0.6 is 0 Å². The largest absolute Gasteiger partial charge is 0.477 e. The Morgan fingerprint density at radius 3 is 1.41 bits per heavy atom. The topological polar surface area (TPSA) is 373 Å². The van der Waals surface area contributed by atoms with Gasteiger partial charge in [0.05, 0.1) is 50.7 Å². The van der Waals surface area contributed by atoms with Gasteiger partial charge in [0, 0.05) is 19.8 Å². The summed E-state index contributed by atoms with van der Waals surface area (Å²) in [7, 11) is 0. The van der Waals surface area contributed by atoms with Crippen LogP contribution in [0.1, 0.15) is 297 Å². The molecule has 23 heteroatoms. The average Bonchev–Trinajstić information content (AvgIpc) is 0.758. The Labute approximate surface area is 575 Å². The zero-order chi connectivity index (χ0) is 70.4. The van der Waals surface area contributed by atoms with Gasteiger partial charge < -0.3 is 100 Å². The van der Waals surface area contributed by atoms with Crippen molar-refractivity contribution in [2.24, 2.45) is 0 Å². The molecule has 564 valence electrons. The summed E-state index contributed by atoms with van der Waals surface area (Å²) in [6.45, 7) is 2.21. The number of hydrogen-bond donors (Lipinski definition) is 14. The number of allylic oxidation sites excluding steroid dienone is 2. The predicted octanol–water partition coefficient (Wildman–Crippen LogP) is 8.63. The third-order valence-electron chi connectivity index (χ3n) is 19.5. The Bertz CT molecular complexity index is 1980. The summed E-state index contributed by atoms with van der Waals surface area (Å²) in [5.41, 5.74) is 0. The van der Waals surface area contributed by atoms with Crippen molar-refractivity contribution in [1.29, 1.82) is 0 Å². The maximum Gasteiger partial charge on any atom is 0.364 e. The van der Waals surface area contributed by atoms with Crippen LogP contribution in [-0.4, -0.2) is 215 Å². The van der Waals surface area contributed by atoms with Crippen molar-refractivity contribution >= 4 is 17.8 Å². The van der Waals surface area contributed by atoms with Crippen LogP contribution in [0.15, 0.2) is 12.2 Å². The van der Waals surface area contributed by atoms with E-state index in [1.807, 2.05) is 0 Å². The minimum atomic E-state index is -3.08. The molecule has 0 aliphatic carbocycles. The zero-order valence-corrected chi connectivity index (χ0v) is 59.2. The number of aliphatic hydroxyl groups excluding tert-OH is 11. The number of aliphatic carboxylic acids is 1. The molecule has 14 N–H and O–H groups in total. The first-order chi connectivity index (χ1) is 46.4. The first-order valence-corrected chi connectivity index (χ1v) is 38.0. The molecular formula is C73H136N2O21. The quantitative estimate of drug-likeness (QED) is 0.0200. The number of carboxylic acids is 1. The Morgan fingerprint density at radius 2 is 0.969 bits per heavy atom. The maximum atomic E-state index is 13.5. The van der Waals surface area contributed by atoms with Crippen LogP contribution in [0.2, 0.25) is 0 Å². The van der Waals surface area contributed by atoms with Crippen molar-refractivity contribution in [2.45, 2.75) is 407 Å². The summed E-state index contributed by atoms with van der Waals surface area (Å²) in [5, 5.41) is 136. The molecule has 3 rings (SSSR count). The third kappa shape index (κ3) is 34.4. The number of unbranched alkanes of at least 4 members (excludes halogenated alkanes) is 37. The molecule has 0 aromatic rings. The molecule has 96 heavy (non-hydrogen) atoms. The van der Waals surface area contributed by atoms with Crippen LogP contribution < -0.4 is 10.6 Å². The van der Waals surface area contributed by atoms with Gasteiger partial charge in [0.15, 0.2) is 12.6 Å². The molecule has 18 atom stereocenters. The maximum absolute atomic E-state index is 13.5. The van der Waals surface area contributed by atoms with Crippen molar-refractivity contribution in [3.63, 3.8) is 0 Å². The van der Waals surface area contributed by atoms with E-state index in [9.17, 15) is 75.7 Å². The Morgan fingerprint density at radius 1 is 0.531 bits per heavy atom. The van der Waals surface area contributed by atoms with E-state index in [4.69, 9.17) is 28.4 Å². The molecule has 23 nitrogen and oxygen atoms in total. The molecule has 0 aromatic carbocycles.